The Hall–Kier alpha value is -2.04. The molecule has 1 atom stereocenters. The number of piperazine rings is 1. The first-order valence-corrected chi connectivity index (χ1v) is 9.51. The van der Waals surface area contributed by atoms with Crippen LogP contribution in [0.4, 0.5) is 0 Å². The number of halogens is 1. The number of carbonyl (C=O) groups is 1. The second-order valence-electron chi connectivity index (χ2n) is 6.56. The van der Waals surface area contributed by atoms with Gasteiger partial charge in [0.05, 0.1) is 0 Å². The molecule has 1 aliphatic heterocycles. The molecule has 1 saturated heterocycles. The van der Waals surface area contributed by atoms with Crippen molar-refractivity contribution >= 4 is 17.5 Å². The molecule has 138 valence electrons. The smallest absolute Gasteiger partial charge is 0.263 e. The van der Waals surface area contributed by atoms with Gasteiger partial charge in [-0.25, -0.2) is 0 Å². The Morgan fingerprint density at radius 2 is 1.69 bits per heavy atom. The van der Waals surface area contributed by atoms with E-state index in [0.717, 1.165) is 32.7 Å². The molecular formula is C21H25ClN2O2. The standard InChI is InChI=1S/C21H25ClN2O2/c1-2-20(26-19-10-8-18(22)9-11-19)21(25)24-14-12-23(13-15-24)16-17-6-4-3-5-7-17/h3-11,20H,2,12-16H2,1H3/t20-/m1/s1. The number of hydrogen-bond donors (Lipinski definition) is 0. The van der Waals surface area contributed by atoms with Crippen molar-refractivity contribution in [2.45, 2.75) is 26.0 Å². The number of ether oxygens (including phenoxy) is 1. The van der Waals surface area contributed by atoms with E-state index in [1.165, 1.54) is 5.56 Å². The van der Waals surface area contributed by atoms with E-state index < -0.39 is 6.10 Å². The van der Waals surface area contributed by atoms with E-state index in [1.54, 1.807) is 24.3 Å². The van der Waals surface area contributed by atoms with Crippen molar-refractivity contribution in [3.8, 4) is 5.75 Å². The molecule has 1 fully saturated rings. The summed E-state index contributed by atoms with van der Waals surface area (Å²) in [4.78, 5) is 17.1. The molecule has 1 heterocycles. The van der Waals surface area contributed by atoms with Crippen LogP contribution in [0, 0.1) is 0 Å². The minimum atomic E-state index is -0.447. The van der Waals surface area contributed by atoms with Crippen LogP contribution in [0.15, 0.2) is 54.6 Å². The van der Waals surface area contributed by atoms with Crippen molar-refractivity contribution in [1.29, 1.82) is 0 Å². The molecule has 3 rings (SSSR count). The summed E-state index contributed by atoms with van der Waals surface area (Å²) in [6.07, 6.45) is 0.197. The van der Waals surface area contributed by atoms with Gasteiger partial charge in [-0.05, 0) is 36.2 Å². The van der Waals surface area contributed by atoms with Crippen molar-refractivity contribution in [3.05, 3.63) is 65.2 Å². The monoisotopic (exact) mass is 372 g/mol. The highest BCUT2D eigenvalue weighted by Gasteiger charge is 2.27. The largest absolute Gasteiger partial charge is 0.481 e. The first-order valence-electron chi connectivity index (χ1n) is 9.13. The maximum Gasteiger partial charge on any atom is 0.263 e. The molecule has 0 bridgehead atoms. The number of benzene rings is 2. The fraction of sp³-hybridized carbons (Fsp3) is 0.381. The zero-order valence-corrected chi connectivity index (χ0v) is 15.9. The van der Waals surface area contributed by atoms with Crippen LogP contribution in [0.5, 0.6) is 5.75 Å². The van der Waals surface area contributed by atoms with E-state index in [4.69, 9.17) is 16.3 Å². The van der Waals surface area contributed by atoms with E-state index >= 15 is 0 Å². The number of amides is 1. The van der Waals surface area contributed by atoms with E-state index in [0.29, 0.717) is 17.2 Å². The Labute approximate surface area is 160 Å². The molecule has 1 amide bonds. The van der Waals surface area contributed by atoms with Crippen LogP contribution < -0.4 is 4.74 Å². The van der Waals surface area contributed by atoms with Crippen molar-refractivity contribution in [3.63, 3.8) is 0 Å². The topological polar surface area (TPSA) is 32.8 Å². The molecule has 0 aromatic heterocycles. The molecule has 4 nitrogen and oxygen atoms in total. The van der Waals surface area contributed by atoms with Gasteiger partial charge >= 0.3 is 0 Å². The van der Waals surface area contributed by atoms with Crippen LogP contribution in [0.1, 0.15) is 18.9 Å². The normalized spacial score (nSPS) is 16.3. The zero-order chi connectivity index (χ0) is 18.4. The minimum Gasteiger partial charge on any atom is -0.481 e. The van der Waals surface area contributed by atoms with Crippen LogP contribution in [0.3, 0.4) is 0 Å². The lowest BCUT2D eigenvalue weighted by atomic mass is 10.1. The number of hydrogen-bond acceptors (Lipinski definition) is 3. The third kappa shape index (κ3) is 4.99. The summed E-state index contributed by atoms with van der Waals surface area (Å²) in [6.45, 7) is 6.17. The molecule has 1 aliphatic rings. The third-order valence-corrected chi connectivity index (χ3v) is 4.92. The Bertz CT molecular complexity index is 698. The predicted molar refractivity (Wildman–Crippen MR) is 104 cm³/mol. The molecule has 0 saturated carbocycles. The van der Waals surface area contributed by atoms with E-state index in [1.807, 2.05) is 17.9 Å². The summed E-state index contributed by atoms with van der Waals surface area (Å²) in [5.41, 5.74) is 1.31. The summed E-state index contributed by atoms with van der Waals surface area (Å²) in [5.74, 6) is 0.749. The van der Waals surface area contributed by atoms with Crippen LogP contribution >= 0.6 is 11.6 Å². The molecule has 5 heteroatoms. The highest BCUT2D eigenvalue weighted by molar-refractivity contribution is 6.30. The summed E-state index contributed by atoms with van der Waals surface area (Å²) < 4.78 is 5.89. The van der Waals surface area contributed by atoms with Gasteiger partial charge in [-0.3, -0.25) is 9.69 Å². The van der Waals surface area contributed by atoms with Crippen LogP contribution in [0.2, 0.25) is 5.02 Å². The van der Waals surface area contributed by atoms with Crippen LogP contribution in [0.25, 0.3) is 0 Å². The zero-order valence-electron chi connectivity index (χ0n) is 15.1. The van der Waals surface area contributed by atoms with Gasteiger partial charge in [-0.15, -0.1) is 0 Å². The van der Waals surface area contributed by atoms with Crippen molar-refractivity contribution in [2.24, 2.45) is 0 Å². The maximum atomic E-state index is 12.8. The lowest BCUT2D eigenvalue weighted by molar-refractivity contribution is -0.140. The maximum absolute atomic E-state index is 12.8. The predicted octanol–water partition coefficient (Wildman–Crippen LogP) is 3.84. The van der Waals surface area contributed by atoms with Gasteiger partial charge in [-0.1, -0.05) is 48.9 Å². The molecule has 0 N–H and O–H groups in total. The van der Waals surface area contributed by atoms with E-state index in [2.05, 4.69) is 29.2 Å². The lowest BCUT2D eigenvalue weighted by Gasteiger charge is -2.36. The second-order valence-corrected chi connectivity index (χ2v) is 6.99. The number of nitrogens with zero attached hydrogens (tertiary/aromatic N) is 2. The highest BCUT2D eigenvalue weighted by Crippen LogP contribution is 2.19. The molecule has 26 heavy (non-hydrogen) atoms. The fourth-order valence-electron chi connectivity index (χ4n) is 3.16. The van der Waals surface area contributed by atoms with Crippen LogP contribution in [-0.4, -0.2) is 48.0 Å². The first-order chi connectivity index (χ1) is 12.7. The Balaban J connectivity index is 1.52. The molecule has 0 spiro atoms. The summed E-state index contributed by atoms with van der Waals surface area (Å²) in [5, 5.41) is 0.659. The molecule has 0 aliphatic carbocycles. The second kappa shape index (κ2) is 9.06. The fourth-order valence-corrected chi connectivity index (χ4v) is 3.28. The summed E-state index contributed by atoms with van der Waals surface area (Å²) in [6, 6.07) is 17.6. The molecular weight excluding hydrogens is 348 g/mol. The van der Waals surface area contributed by atoms with Gasteiger partial charge in [-0.2, -0.15) is 0 Å². The van der Waals surface area contributed by atoms with Crippen LogP contribution in [-0.2, 0) is 11.3 Å². The third-order valence-electron chi connectivity index (χ3n) is 4.67. The lowest BCUT2D eigenvalue weighted by Crippen LogP contribution is -2.52. The average molecular weight is 373 g/mol. The Morgan fingerprint density at radius 3 is 2.31 bits per heavy atom. The molecule has 2 aromatic rings. The first kappa shape index (κ1) is 18.7. The van der Waals surface area contributed by atoms with E-state index in [9.17, 15) is 4.79 Å². The quantitative estimate of drug-likeness (QED) is 0.772. The van der Waals surface area contributed by atoms with Gasteiger partial charge in [0.15, 0.2) is 6.10 Å². The number of rotatable bonds is 6. The van der Waals surface area contributed by atoms with Gasteiger partial charge in [0.25, 0.3) is 5.91 Å². The number of carbonyl (C=O) groups excluding carboxylic acids is 1. The van der Waals surface area contributed by atoms with Gasteiger partial charge in [0, 0.05) is 37.7 Å². The molecule has 2 aromatic carbocycles. The van der Waals surface area contributed by atoms with E-state index in [-0.39, 0.29) is 5.91 Å². The van der Waals surface area contributed by atoms with Gasteiger partial charge in [0.2, 0.25) is 0 Å². The van der Waals surface area contributed by atoms with Crippen molar-refractivity contribution in [1.82, 2.24) is 9.80 Å². The molecule has 0 radical (unpaired) electrons. The van der Waals surface area contributed by atoms with Gasteiger partial charge < -0.3 is 9.64 Å². The Morgan fingerprint density at radius 1 is 1.04 bits per heavy atom. The van der Waals surface area contributed by atoms with Gasteiger partial charge in [0.1, 0.15) is 5.75 Å². The SMILES string of the molecule is CC[C@@H](Oc1ccc(Cl)cc1)C(=O)N1CCN(Cc2ccccc2)CC1. The average Bonchev–Trinajstić information content (AvgIpc) is 2.68. The highest BCUT2D eigenvalue weighted by atomic mass is 35.5. The van der Waals surface area contributed by atoms with Crippen molar-refractivity contribution < 1.29 is 9.53 Å². The minimum absolute atomic E-state index is 0.0711. The Kier molecular flexibility index (Phi) is 6.53. The van der Waals surface area contributed by atoms with Crippen molar-refractivity contribution in [2.75, 3.05) is 26.2 Å². The molecule has 0 unspecified atom stereocenters. The summed E-state index contributed by atoms with van der Waals surface area (Å²) in [7, 11) is 0. The summed E-state index contributed by atoms with van der Waals surface area (Å²) >= 11 is 5.90.